The van der Waals surface area contributed by atoms with Crippen molar-refractivity contribution in [2.75, 3.05) is 12.4 Å². The molecular weight excluding hydrogens is 369 g/mol. The zero-order valence-electron chi connectivity index (χ0n) is 14.3. The molecular formula is C21H19Cl2NO2. The first-order valence-electron chi connectivity index (χ1n) is 8.18. The molecule has 5 heteroatoms. The Labute approximate surface area is 163 Å². The van der Waals surface area contributed by atoms with Crippen LogP contribution in [0, 0.1) is 0 Å². The predicted molar refractivity (Wildman–Crippen MR) is 108 cm³/mol. The van der Waals surface area contributed by atoms with Gasteiger partial charge in [-0.3, -0.25) is 0 Å². The Morgan fingerprint density at radius 1 is 0.846 bits per heavy atom. The number of hydrogen-bond donors (Lipinski definition) is 1. The van der Waals surface area contributed by atoms with Crippen LogP contribution in [0.2, 0.25) is 10.0 Å². The molecule has 0 atom stereocenters. The molecule has 0 spiro atoms. The molecule has 3 nitrogen and oxygen atoms in total. The molecule has 26 heavy (non-hydrogen) atoms. The van der Waals surface area contributed by atoms with Gasteiger partial charge in [0.25, 0.3) is 0 Å². The van der Waals surface area contributed by atoms with Crippen LogP contribution in [0.25, 0.3) is 0 Å². The molecule has 0 bridgehead atoms. The number of methoxy groups -OCH3 is 1. The topological polar surface area (TPSA) is 30.5 Å². The summed E-state index contributed by atoms with van der Waals surface area (Å²) in [7, 11) is 1.63. The van der Waals surface area contributed by atoms with Crippen molar-refractivity contribution in [3.63, 3.8) is 0 Å². The van der Waals surface area contributed by atoms with Crippen LogP contribution in [0.3, 0.4) is 0 Å². The van der Waals surface area contributed by atoms with Crippen molar-refractivity contribution in [1.82, 2.24) is 0 Å². The smallest absolute Gasteiger partial charge is 0.161 e. The van der Waals surface area contributed by atoms with E-state index in [1.165, 1.54) is 0 Å². The monoisotopic (exact) mass is 387 g/mol. The third-order valence-electron chi connectivity index (χ3n) is 3.88. The van der Waals surface area contributed by atoms with Gasteiger partial charge in [-0.1, -0.05) is 59.6 Å². The normalized spacial score (nSPS) is 10.4. The lowest BCUT2D eigenvalue weighted by molar-refractivity contribution is 0.284. The Balaban J connectivity index is 1.67. The van der Waals surface area contributed by atoms with Gasteiger partial charge in [-0.2, -0.15) is 0 Å². The zero-order valence-corrected chi connectivity index (χ0v) is 15.8. The van der Waals surface area contributed by atoms with E-state index in [0.29, 0.717) is 34.7 Å². The Morgan fingerprint density at radius 3 is 2.42 bits per heavy atom. The van der Waals surface area contributed by atoms with Crippen LogP contribution in [0.4, 0.5) is 5.69 Å². The minimum absolute atomic E-state index is 0.493. The largest absolute Gasteiger partial charge is 0.493 e. The van der Waals surface area contributed by atoms with E-state index in [-0.39, 0.29) is 0 Å². The molecule has 0 fully saturated rings. The summed E-state index contributed by atoms with van der Waals surface area (Å²) in [5.74, 6) is 1.40. The van der Waals surface area contributed by atoms with Crippen molar-refractivity contribution in [1.29, 1.82) is 0 Å². The SMILES string of the molecule is COc1cc(CNc2cc(Cl)ccc2Cl)ccc1OCc1ccccc1. The maximum atomic E-state index is 6.18. The average molecular weight is 388 g/mol. The second-order valence-corrected chi connectivity index (χ2v) is 6.58. The lowest BCUT2D eigenvalue weighted by atomic mass is 10.2. The van der Waals surface area contributed by atoms with Crippen LogP contribution in [0.5, 0.6) is 11.5 Å². The van der Waals surface area contributed by atoms with Gasteiger partial charge in [-0.05, 0) is 41.5 Å². The van der Waals surface area contributed by atoms with E-state index in [9.17, 15) is 0 Å². The number of benzene rings is 3. The molecule has 0 saturated carbocycles. The predicted octanol–water partition coefficient (Wildman–Crippen LogP) is 6.19. The molecule has 1 N–H and O–H groups in total. The van der Waals surface area contributed by atoms with Gasteiger partial charge in [0.2, 0.25) is 0 Å². The molecule has 0 radical (unpaired) electrons. The summed E-state index contributed by atoms with van der Waals surface area (Å²) in [5.41, 5.74) is 2.95. The van der Waals surface area contributed by atoms with Crippen molar-refractivity contribution < 1.29 is 9.47 Å². The third-order valence-corrected chi connectivity index (χ3v) is 4.44. The van der Waals surface area contributed by atoms with E-state index in [2.05, 4.69) is 5.32 Å². The molecule has 0 unspecified atom stereocenters. The van der Waals surface area contributed by atoms with Crippen LogP contribution >= 0.6 is 23.2 Å². The fourth-order valence-electron chi connectivity index (χ4n) is 2.51. The molecule has 134 valence electrons. The molecule has 3 rings (SSSR count). The molecule has 0 amide bonds. The maximum absolute atomic E-state index is 6.18. The highest BCUT2D eigenvalue weighted by Crippen LogP contribution is 2.30. The third kappa shape index (κ3) is 4.84. The highest BCUT2D eigenvalue weighted by atomic mass is 35.5. The fraction of sp³-hybridized carbons (Fsp3) is 0.143. The summed E-state index contributed by atoms with van der Waals surface area (Å²) in [4.78, 5) is 0. The van der Waals surface area contributed by atoms with Crippen molar-refractivity contribution in [2.24, 2.45) is 0 Å². The van der Waals surface area contributed by atoms with Crippen LogP contribution in [-0.4, -0.2) is 7.11 Å². The minimum atomic E-state index is 0.493. The van der Waals surface area contributed by atoms with Gasteiger partial charge in [0.15, 0.2) is 11.5 Å². The quantitative estimate of drug-likeness (QED) is 0.523. The highest BCUT2D eigenvalue weighted by molar-refractivity contribution is 6.35. The lowest BCUT2D eigenvalue weighted by Crippen LogP contribution is -2.02. The summed E-state index contributed by atoms with van der Waals surface area (Å²) in [6, 6.07) is 21.2. The zero-order chi connectivity index (χ0) is 18.4. The van der Waals surface area contributed by atoms with Crippen LogP contribution in [0.1, 0.15) is 11.1 Å². The second-order valence-electron chi connectivity index (χ2n) is 5.74. The van der Waals surface area contributed by atoms with E-state index in [1.54, 1.807) is 25.3 Å². The number of rotatable bonds is 7. The number of ether oxygens (including phenoxy) is 2. The fourth-order valence-corrected chi connectivity index (χ4v) is 2.86. The summed E-state index contributed by atoms with van der Waals surface area (Å²) < 4.78 is 11.4. The van der Waals surface area contributed by atoms with E-state index >= 15 is 0 Å². The summed E-state index contributed by atoms with van der Waals surface area (Å²) in [6.45, 7) is 1.09. The second kappa shape index (κ2) is 8.84. The molecule has 0 saturated heterocycles. The average Bonchev–Trinajstić information content (AvgIpc) is 2.68. The van der Waals surface area contributed by atoms with Crippen molar-refractivity contribution >= 4 is 28.9 Å². The van der Waals surface area contributed by atoms with Crippen molar-refractivity contribution in [3.8, 4) is 11.5 Å². The van der Waals surface area contributed by atoms with E-state index < -0.39 is 0 Å². The summed E-state index contributed by atoms with van der Waals surface area (Å²) >= 11 is 12.2. The summed E-state index contributed by atoms with van der Waals surface area (Å²) in [6.07, 6.45) is 0. The van der Waals surface area contributed by atoms with Gasteiger partial charge >= 0.3 is 0 Å². The van der Waals surface area contributed by atoms with Gasteiger partial charge in [0.05, 0.1) is 17.8 Å². The van der Waals surface area contributed by atoms with Crippen molar-refractivity contribution in [3.05, 3.63) is 87.9 Å². The first-order chi connectivity index (χ1) is 12.7. The number of hydrogen-bond acceptors (Lipinski definition) is 3. The Morgan fingerprint density at radius 2 is 1.65 bits per heavy atom. The Kier molecular flexibility index (Phi) is 6.26. The Bertz CT molecular complexity index is 869. The highest BCUT2D eigenvalue weighted by Gasteiger charge is 2.07. The van der Waals surface area contributed by atoms with Crippen LogP contribution in [0.15, 0.2) is 66.7 Å². The summed E-state index contributed by atoms with van der Waals surface area (Å²) in [5, 5.41) is 4.55. The first-order valence-corrected chi connectivity index (χ1v) is 8.94. The molecule has 0 aliphatic carbocycles. The van der Waals surface area contributed by atoms with Crippen LogP contribution in [-0.2, 0) is 13.2 Å². The molecule has 3 aromatic rings. The number of nitrogens with one attached hydrogen (secondary N) is 1. The van der Waals surface area contributed by atoms with E-state index in [0.717, 1.165) is 16.8 Å². The first kappa shape index (κ1) is 18.4. The lowest BCUT2D eigenvalue weighted by Gasteiger charge is -2.13. The van der Waals surface area contributed by atoms with E-state index in [4.69, 9.17) is 32.7 Å². The molecule has 0 aliphatic rings. The van der Waals surface area contributed by atoms with Gasteiger partial charge in [0, 0.05) is 11.6 Å². The van der Waals surface area contributed by atoms with Crippen molar-refractivity contribution in [2.45, 2.75) is 13.2 Å². The molecule has 0 aliphatic heterocycles. The Hall–Kier alpha value is -2.36. The van der Waals surface area contributed by atoms with Gasteiger partial charge in [-0.25, -0.2) is 0 Å². The van der Waals surface area contributed by atoms with E-state index in [1.807, 2.05) is 48.5 Å². The van der Waals surface area contributed by atoms with Gasteiger partial charge < -0.3 is 14.8 Å². The minimum Gasteiger partial charge on any atom is -0.493 e. The van der Waals surface area contributed by atoms with Gasteiger partial charge in [0.1, 0.15) is 6.61 Å². The molecule has 0 heterocycles. The number of anilines is 1. The number of halogens is 2. The maximum Gasteiger partial charge on any atom is 0.161 e. The molecule has 0 aromatic heterocycles. The molecule has 3 aromatic carbocycles. The standard InChI is InChI=1S/C21H19Cl2NO2/c1-25-21-11-16(13-24-19-12-17(22)8-9-18(19)23)7-10-20(21)26-14-15-5-3-2-4-6-15/h2-12,24H,13-14H2,1H3. The van der Waals surface area contributed by atoms with Gasteiger partial charge in [-0.15, -0.1) is 0 Å². The van der Waals surface area contributed by atoms with Crippen LogP contribution < -0.4 is 14.8 Å².